The molecular weight excluding hydrogens is 513 g/mol. The van der Waals surface area contributed by atoms with Crippen molar-refractivity contribution in [3.05, 3.63) is 89.5 Å². The molecule has 5 rings (SSSR count). The van der Waals surface area contributed by atoms with Crippen LogP contribution in [0.25, 0.3) is 0 Å². The molecule has 0 atom stereocenters. The first kappa shape index (κ1) is 25.6. The van der Waals surface area contributed by atoms with Gasteiger partial charge in [-0.3, -0.25) is 19.6 Å². The zero-order chi connectivity index (χ0) is 27.7. The normalized spacial score (nSPS) is 13.2. The van der Waals surface area contributed by atoms with Crippen molar-refractivity contribution in [2.75, 3.05) is 27.5 Å². The smallest absolute Gasteiger partial charge is 0.322 e. The number of amides is 3. The second-order valence-electron chi connectivity index (χ2n) is 8.72. The van der Waals surface area contributed by atoms with Crippen molar-refractivity contribution in [1.29, 1.82) is 0 Å². The topological polar surface area (TPSA) is 116 Å². The van der Waals surface area contributed by atoms with E-state index in [2.05, 4.69) is 30.6 Å². The summed E-state index contributed by atoms with van der Waals surface area (Å²) in [4.78, 5) is 45.8. The monoisotopic (exact) mass is 534 g/mol. The number of rotatable bonds is 5. The van der Waals surface area contributed by atoms with Crippen LogP contribution in [0.3, 0.4) is 0 Å². The van der Waals surface area contributed by atoms with Gasteiger partial charge in [0, 0.05) is 42.5 Å². The summed E-state index contributed by atoms with van der Waals surface area (Å²) in [5.41, 5.74) is 1.20. The Labute approximate surface area is 220 Å². The molecular formula is C26H21F3N8O2. The number of carbonyl (C=O) groups is 2. The van der Waals surface area contributed by atoms with Gasteiger partial charge in [0.15, 0.2) is 5.82 Å². The van der Waals surface area contributed by atoms with Crippen LogP contribution in [0, 0.1) is 6.92 Å². The van der Waals surface area contributed by atoms with Gasteiger partial charge in [-0.1, -0.05) is 12.1 Å². The van der Waals surface area contributed by atoms with Crippen molar-refractivity contribution in [2.24, 2.45) is 0 Å². The first-order valence-electron chi connectivity index (χ1n) is 11.6. The molecule has 0 bridgehead atoms. The van der Waals surface area contributed by atoms with E-state index in [0.717, 1.165) is 17.7 Å². The predicted octanol–water partition coefficient (Wildman–Crippen LogP) is 5.17. The third-order valence-electron chi connectivity index (χ3n) is 6.02. The van der Waals surface area contributed by atoms with E-state index in [1.165, 1.54) is 40.5 Å². The summed E-state index contributed by atoms with van der Waals surface area (Å²) < 4.78 is 39.2. The molecule has 1 aliphatic heterocycles. The van der Waals surface area contributed by atoms with Gasteiger partial charge in [0.05, 0.1) is 24.0 Å². The highest BCUT2D eigenvalue weighted by Gasteiger charge is 2.32. The van der Waals surface area contributed by atoms with E-state index in [-0.39, 0.29) is 24.1 Å². The fourth-order valence-corrected chi connectivity index (χ4v) is 4.05. The minimum Gasteiger partial charge on any atom is -0.322 e. The van der Waals surface area contributed by atoms with Crippen molar-refractivity contribution in [1.82, 2.24) is 19.9 Å². The number of hydrogen-bond acceptors (Lipinski definition) is 7. The lowest BCUT2D eigenvalue weighted by Gasteiger charge is -2.35. The predicted molar refractivity (Wildman–Crippen MR) is 138 cm³/mol. The van der Waals surface area contributed by atoms with E-state index < -0.39 is 17.6 Å². The minimum atomic E-state index is -4.57. The molecule has 4 aromatic rings. The number of nitrogens with zero attached hydrogens (tertiary/aromatic N) is 6. The van der Waals surface area contributed by atoms with Crippen molar-refractivity contribution in [2.45, 2.75) is 19.6 Å². The maximum absolute atomic E-state index is 13.4. The fourth-order valence-electron chi connectivity index (χ4n) is 4.05. The van der Waals surface area contributed by atoms with E-state index in [9.17, 15) is 22.8 Å². The van der Waals surface area contributed by atoms with Gasteiger partial charge in [-0.05, 0) is 42.8 Å². The number of nitrogens with one attached hydrogen (secondary N) is 2. The van der Waals surface area contributed by atoms with Crippen molar-refractivity contribution < 1.29 is 22.8 Å². The Hall–Kier alpha value is -5.07. The van der Waals surface area contributed by atoms with Crippen LogP contribution >= 0.6 is 0 Å². The summed E-state index contributed by atoms with van der Waals surface area (Å²) in [5, 5.41) is 5.56. The van der Waals surface area contributed by atoms with Crippen LogP contribution < -0.4 is 20.4 Å². The molecule has 2 aromatic carbocycles. The lowest BCUT2D eigenvalue weighted by atomic mass is 10.1. The fraction of sp³-hybridized carbons (Fsp3) is 0.154. The van der Waals surface area contributed by atoms with Crippen LogP contribution in [-0.4, -0.2) is 38.9 Å². The summed E-state index contributed by atoms with van der Waals surface area (Å²) in [5.74, 6) is 0.408. The molecule has 0 spiro atoms. The first-order chi connectivity index (χ1) is 18.6. The Balaban J connectivity index is 1.38. The molecule has 0 unspecified atom stereocenters. The Bertz CT molecular complexity index is 1560. The summed E-state index contributed by atoms with van der Waals surface area (Å²) >= 11 is 0. The van der Waals surface area contributed by atoms with E-state index in [1.54, 1.807) is 38.4 Å². The van der Waals surface area contributed by atoms with E-state index in [4.69, 9.17) is 0 Å². The molecule has 2 N–H and O–H groups in total. The van der Waals surface area contributed by atoms with Crippen LogP contribution in [0.2, 0.25) is 0 Å². The molecule has 10 nitrogen and oxygen atoms in total. The molecule has 0 saturated carbocycles. The molecule has 13 heteroatoms. The van der Waals surface area contributed by atoms with Gasteiger partial charge in [-0.2, -0.15) is 18.2 Å². The van der Waals surface area contributed by atoms with Gasteiger partial charge >= 0.3 is 12.2 Å². The van der Waals surface area contributed by atoms with Gasteiger partial charge in [0.1, 0.15) is 5.82 Å². The number of fused-ring (bicyclic) bond motifs is 1. The van der Waals surface area contributed by atoms with Gasteiger partial charge in [0.25, 0.3) is 5.91 Å². The zero-order valence-corrected chi connectivity index (χ0v) is 20.7. The van der Waals surface area contributed by atoms with Crippen molar-refractivity contribution in [3.8, 4) is 0 Å². The summed E-state index contributed by atoms with van der Waals surface area (Å²) in [6.45, 7) is 1.97. The van der Waals surface area contributed by atoms with Crippen LogP contribution in [0.4, 0.5) is 46.9 Å². The van der Waals surface area contributed by atoms with Crippen LogP contribution in [0.15, 0.2) is 67.3 Å². The highest BCUT2D eigenvalue weighted by Crippen LogP contribution is 2.34. The largest absolute Gasteiger partial charge is 0.416 e. The standard InChI is InChI=1S/C26H21F3N8O2/c1-15-6-7-19(33-23(38)16-4-3-5-18(10-16)26(27,28)29)11-20(15)37-14-17-12-32-24(34-21-13-30-8-9-31-21)35-22(17)36(2)25(37)39/h3-13H,14H2,1-2H3,(H,33,38)(H,31,32,34,35). The second kappa shape index (κ2) is 10.0. The number of hydrogen-bond donors (Lipinski definition) is 2. The van der Waals surface area contributed by atoms with Crippen LogP contribution in [0.1, 0.15) is 27.0 Å². The number of alkyl halides is 3. The minimum absolute atomic E-state index is 0.141. The lowest BCUT2D eigenvalue weighted by molar-refractivity contribution is -0.137. The molecule has 0 radical (unpaired) electrons. The summed E-state index contributed by atoms with van der Waals surface area (Å²) in [6, 6.07) is 8.72. The van der Waals surface area contributed by atoms with E-state index in [0.29, 0.717) is 28.6 Å². The van der Waals surface area contributed by atoms with Crippen molar-refractivity contribution in [3.63, 3.8) is 0 Å². The molecule has 1 aliphatic rings. The van der Waals surface area contributed by atoms with E-state index >= 15 is 0 Å². The van der Waals surface area contributed by atoms with Gasteiger partial charge < -0.3 is 10.6 Å². The lowest BCUT2D eigenvalue weighted by Crippen LogP contribution is -2.46. The molecule has 3 amide bonds. The molecule has 0 fully saturated rings. The van der Waals surface area contributed by atoms with E-state index in [1.807, 2.05) is 0 Å². The third-order valence-corrected chi connectivity index (χ3v) is 6.02. The Morgan fingerprint density at radius 2 is 1.87 bits per heavy atom. The third kappa shape index (κ3) is 5.32. The Kier molecular flexibility index (Phi) is 6.56. The number of urea groups is 1. The number of halogens is 3. The molecule has 198 valence electrons. The maximum atomic E-state index is 13.4. The zero-order valence-electron chi connectivity index (χ0n) is 20.7. The second-order valence-corrected chi connectivity index (χ2v) is 8.72. The average Bonchev–Trinajstić information content (AvgIpc) is 2.92. The number of anilines is 5. The van der Waals surface area contributed by atoms with Crippen molar-refractivity contribution >= 4 is 40.9 Å². The maximum Gasteiger partial charge on any atom is 0.416 e. The van der Waals surface area contributed by atoms with Gasteiger partial charge in [-0.15, -0.1) is 0 Å². The number of benzene rings is 2. The number of carbonyl (C=O) groups excluding carboxylic acids is 2. The SMILES string of the molecule is Cc1ccc(NC(=O)c2cccc(C(F)(F)F)c2)cc1N1Cc2cnc(Nc3cnccn3)nc2N(C)C1=O. The average molecular weight is 535 g/mol. The van der Waals surface area contributed by atoms with Gasteiger partial charge in [-0.25, -0.2) is 14.8 Å². The molecule has 2 aromatic heterocycles. The Morgan fingerprint density at radius 3 is 2.62 bits per heavy atom. The highest BCUT2D eigenvalue weighted by atomic mass is 19.4. The number of aryl methyl sites for hydroxylation is 1. The Morgan fingerprint density at radius 1 is 1.05 bits per heavy atom. The molecule has 3 heterocycles. The molecule has 0 saturated heterocycles. The quantitative estimate of drug-likeness (QED) is 0.363. The summed E-state index contributed by atoms with van der Waals surface area (Å²) in [7, 11) is 1.58. The van der Waals surface area contributed by atoms with Crippen LogP contribution in [0.5, 0.6) is 0 Å². The van der Waals surface area contributed by atoms with Gasteiger partial charge in [0.2, 0.25) is 5.95 Å². The molecule has 39 heavy (non-hydrogen) atoms. The first-order valence-corrected chi connectivity index (χ1v) is 11.6. The molecule has 0 aliphatic carbocycles. The van der Waals surface area contributed by atoms with Crippen LogP contribution in [-0.2, 0) is 12.7 Å². The highest BCUT2D eigenvalue weighted by molar-refractivity contribution is 6.07. The number of aromatic nitrogens is 4. The summed E-state index contributed by atoms with van der Waals surface area (Å²) in [6.07, 6.45) is 1.60.